The van der Waals surface area contributed by atoms with Gasteiger partial charge < -0.3 is 9.80 Å². The number of carbonyl (C=O) groups excluding carboxylic acids is 2. The van der Waals surface area contributed by atoms with E-state index >= 15 is 0 Å². The number of halogens is 3. The van der Waals surface area contributed by atoms with Crippen LogP contribution in [0.5, 0.6) is 0 Å². The number of benzene rings is 1. The molecule has 1 saturated heterocycles. The van der Waals surface area contributed by atoms with Crippen LogP contribution < -0.4 is 4.90 Å². The summed E-state index contributed by atoms with van der Waals surface area (Å²) in [6.45, 7) is -0.281. The van der Waals surface area contributed by atoms with Gasteiger partial charge in [-0.3, -0.25) is 19.6 Å². The summed E-state index contributed by atoms with van der Waals surface area (Å²) in [4.78, 5) is 41.4. The quantitative estimate of drug-likeness (QED) is 0.377. The van der Waals surface area contributed by atoms with Crippen molar-refractivity contribution in [2.45, 2.75) is 31.0 Å². The fourth-order valence-electron chi connectivity index (χ4n) is 5.80. The lowest BCUT2D eigenvalue weighted by molar-refractivity contribution is -0.187. The molecule has 3 aromatic heterocycles. The zero-order valence-corrected chi connectivity index (χ0v) is 21.0. The van der Waals surface area contributed by atoms with Crippen molar-refractivity contribution in [2.24, 2.45) is 0 Å². The van der Waals surface area contributed by atoms with E-state index in [1.165, 1.54) is 0 Å². The molecule has 2 aliphatic rings. The lowest BCUT2D eigenvalue weighted by Gasteiger charge is -2.38. The van der Waals surface area contributed by atoms with Crippen LogP contribution in [-0.4, -0.2) is 50.9 Å². The van der Waals surface area contributed by atoms with Crippen molar-refractivity contribution < 1.29 is 22.8 Å². The third-order valence-electron chi connectivity index (χ3n) is 7.76. The molecule has 40 heavy (non-hydrogen) atoms. The summed E-state index contributed by atoms with van der Waals surface area (Å²) in [7, 11) is 0. The highest BCUT2D eigenvalue weighted by molar-refractivity contribution is 6.08. The summed E-state index contributed by atoms with van der Waals surface area (Å²) in [6, 6.07) is 14.8. The fraction of sp³-hybridized carbons (Fsp3) is 0.241. The maximum Gasteiger partial charge on any atom is 0.471 e. The molecule has 0 saturated carbocycles. The second-order valence-electron chi connectivity index (χ2n) is 9.87. The largest absolute Gasteiger partial charge is 0.471 e. The Bertz CT molecular complexity index is 1690. The number of likely N-dealkylation sites (tertiary alicyclic amines) is 1. The van der Waals surface area contributed by atoms with Crippen molar-refractivity contribution in [3.05, 3.63) is 84.2 Å². The average molecular weight is 543 g/mol. The molecule has 1 spiro atoms. The van der Waals surface area contributed by atoms with E-state index in [9.17, 15) is 28.0 Å². The second-order valence-corrected chi connectivity index (χ2v) is 9.87. The Hall–Kier alpha value is -4.85. The van der Waals surface area contributed by atoms with Gasteiger partial charge in [0.05, 0.1) is 29.5 Å². The van der Waals surface area contributed by atoms with Crippen molar-refractivity contribution in [2.75, 3.05) is 18.0 Å². The summed E-state index contributed by atoms with van der Waals surface area (Å²) in [5.74, 6) is -2.14. The zero-order valence-electron chi connectivity index (χ0n) is 21.0. The van der Waals surface area contributed by atoms with Gasteiger partial charge in [0.25, 0.3) is 0 Å². The average Bonchev–Trinajstić information content (AvgIpc) is 3.19. The van der Waals surface area contributed by atoms with Crippen molar-refractivity contribution in [3.8, 4) is 17.2 Å². The molecular weight excluding hydrogens is 521 g/mol. The summed E-state index contributed by atoms with van der Waals surface area (Å²) in [5.41, 5.74) is 2.55. The van der Waals surface area contributed by atoms with Crippen LogP contribution in [0.1, 0.15) is 29.8 Å². The molecule has 2 amide bonds. The van der Waals surface area contributed by atoms with Crippen LogP contribution >= 0.6 is 0 Å². The Kier molecular flexibility index (Phi) is 5.98. The first-order valence-corrected chi connectivity index (χ1v) is 12.6. The number of hydrogen-bond donors (Lipinski definition) is 0. The van der Waals surface area contributed by atoms with E-state index in [4.69, 9.17) is 4.98 Å². The van der Waals surface area contributed by atoms with Gasteiger partial charge in [-0.05, 0) is 42.0 Å². The van der Waals surface area contributed by atoms with E-state index in [2.05, 4.69) is 9.97 Å². The molecular formula is C29H21F3N6O2. The number of aromatic nitrogens is 3. The standard InChI is InChI=1S/C29H21F3N6O2/c30-29(31,32)27(40)37-11-8-28(9-12-37)22-7-10-34-16-24(22)38(26(28)39)17-23-25(19-5-6-20(13-33)35-15-19)21-4-2-1-3-18(21)14-36-23/h1-7,10,14-16H,8-9,11-12,17H2. The Balaban J connectivity index is 1.39. The Morgan fingerprint density at radius 2 is 1.80 bits per heavy atom. The number of carbonyl (C=O) groups is 2. The van der Waals surface area contributed by atoms with Crippen LogP contribution in [0.25, 0.3) is 21.9 Å². The topological polar surface area (TPSA) is 103 Å². The van der Waals surface area contributed by atoms with Gasteiger partial charge in [-0.2, -0.15) is 18.4 Å². The van der Waals surface area contributed by atoms with E-state index < -0.39 is 17.5 Å². The molecule has 0 N–H and O–H groups in total. The van der Waals surface area contributed by atoms with Gasteiger partial charge in [0.2, 0.25) is 5.91 Å². The Morgan fingerprint density at radius 3 is 2.50 bits per heavy atom. The van der Waals surface area contributed by atoms with Crippen LogP contribution in [0.2, 0.25) is 0 Å². The molecule has 6 rings (SSSR count). The highest BCUT2D eigenvalue weighted by atomic mass is 19.4. The summed E-state index contributed by atoms with van der Waals surface area (Å²) in [5, 5.41) is 11.0. The van der Waals surface area contributed by atoms with Crippen molar-refractivity contribution in [1.82, 2.24) is 19.9 Å². The van der Waals surface area contributed by atoms with Crippen molar-refractivity contribution in [3.63, 3.8) is 0 Å². The molecule has 5 heterocycles. The molecule has 2 aliphatic heterocycles. The predicted molar refractivity (Wildman–Crippen MR) is 139 cm³/mol. The smallest absolute Gasteiger partial charge is 0.335 e. The van der Waals surface area contributed by atoms with Gasteiger partial charge in [-0.25, -0.2) is 4.98 Å². The summed E-state index contributed by atoms with van der Waals surface area (Å²) < 4.78 is 39.2. The van der Waals surface area contributed by atoms with E-state index in [1.54, 1.807) is 47.9 Å². The number of hydrogen-bond acceptors (Lipinski definition) is 6. The number of amides is 2. The third-order valence-corrected chi connectivity index (χ3v) is 7.76. The first-order chi connectivity index (χ1) is 19.2. The number of piperidine rings is 1. The molecule has 0 atom stereocenters. The van der Waals surface area contributed by atoms with Crippen molar-refractivity contribution in [1.29, 1.82) is 5.26 Å². The van der Waals surface area contributed by atoms with E-state index in [1.807, 2.05) is 30.3 Å². The fourth-order valence-corrected chi connectivity index (χ4v) is 5.80. The zero-order chi connectivity index (χ0) is 28.1. The van der Waals surface area contributed by atoms with Gasteiger partial charge in [0.1, 0.15) is 11.8 Å². The first-order valence-electron chi connectivity index (χ1n) is 12.6. The Morgan fingerprint density at radius 1 is 1.02 bits per heavy atom. The summed E-state index contributed by atoms with van der Waals surface area (Å²) >= 11 is 0. The highest BCUT2D eigenvalue weighted by Gasteiger charge is 2.54. The van der Waals surface area contributed by atoms with Gasteiger partial charge >= 0.3 is 12.1 Å². The Labute approximate surface area is 226 Å². The highest BCUT2D eigenvalue weighted by Crippen LogP contribution is 2.48. The van der Waals surface area contributed by atoms with Crippen LogP contribution in [0.15, 0.2) is 67.3 Å². The number of pyridine rings is 3. The number of nitriles is 1. The lowest BCUT2D eigenvalue weighted by atomic mass is 9.74. The normalized spacial score (nSPS) is 16.3. The number of anilines is 1. The van der Waals surface area contributed by atoms with Crippen LogP contribution in [-0.2, 0) is 21.5 Å². The minimum absolute atomic E-state index is 0.0682. The number of rotatable bonds is 3. The van der Waals surface area contributed by atoms with Gasteiger partial charge in [0, 0.05) is 48.2 Å². The van der Waals surface area contributed by atoms with Gasteiger partial charge in [-0.1, -0.05) is 24.3 Å². The van der Waals surface area contributed by atoms with Crippen LogP contribution in [0.3, 0.4) is 0 Å². The van der Waals surface area contributed by atoms with E-state index in [0.717, 1.165) is 26.8 Å². The molecule has 1 fully saturated rings. The van der Waals surface area contributed by atoms with Crippen molar-refractivity contribution >= 4 is 28.3 Å². The molecule has 0 bridgehead atoms. The number of alkyl halides is 3. The molecule has 11 heteroatoms. The molecule has 0 aliphatic carbocycles. The summed E-state index contributed by atoms with van der Waals surface area (Å²) in [6.07, 6.45) is 1.65. The molecule has 0 unspecified atom stereocenters. The number of fused-ring (bicyclic) bond motifs is 3. The minimum atomic E-state index is -4.96. The van der Waals surface area contributed by atoms with E-state index in [-0.39, 0.29) is 44.1 Å². The second kappa shape index (κ2) is 9.41. The monoisotopic (exact) mass is 542 g/mol. The first kappa shape index (κ1) is 25.4. The van der Waals surface area contributed by atoms with Gasteiger partial charge in [-0.15, -0.1) is 0 Å². The predicted octanol–water partition coefficient (Wildman–Crippen LogP) is 4.53. The molecule has 1 aromatic carbocycles. The molecule has 0 radical (unpaired) electrons. The maximum atomic E-state index is 14.1. The maximum absolute atomic E-state index is 14.1. The SMILES string of the molecule is N#Cc1ccc(-c2c(CN3C(=O)C4(CCN(C(=O)C(F)(F)F)CC4)c4ccncc43)ncc3ccccc23)cn1. The van der Waals surface area contributed by atoms with E-state index in [0.29, 0.717) is 16.9 Å². The number of nitrogens with zero attached hydrogens (tertiary/aromatic N) is 6. The molecule has 200 valence electrons. The van der Waals surface area contributed by atoms with Gasteiger partial charge in [0.15, 0.2) is 0 Å². The molecule has 8 nitrogen and oxygen atoms in total. The molecule has 4 aromatic rings. The van der Waals surface area contributed by atoms with Crippen LogP contribution in [0, 0.1) is 11.3 Å². The third kappa shape index (κ3) is 4.04. The minimum Gasteiger partial charge on any atom is -0.335 e. The van der Waals surface area contributed by atoms with Crippen LogP contribution in [0.4, 0.5) is 18.9 Å². The lowest BCUT2D eigenvalue weighted by Crippen LogP contribution is -2.52.